The number of benzene rings is 1. The highest BCUT2D eigenvalue weighted by Crippen LogP contribution is 2.27. The van der Waals surface area contributed by atoms with Gasteiger partial charge in [0, 0.05) is 21.6 Å². The topological polar surface area (TPSA) is 35.3 Å². The average Bonchev–Trinajstić information content (AvgIpc) is 2.96. The van der Waals surface area contributed by atoms with E-state index >= 15 is 0 Å². The van der Waals surface area contributed by atoms with Crippen LogP contribution in [0.3, 0.4) is 0 Å². The first-order chi connectivity index (χ1) is 8.76. The lowest BCUT2D eigenvalue weighted by molar-refractivity contribution is 0.415. The van der Waals surface area contributed by atoms with Gasteiger partial charge in [-0.15, -0.1) is 11.3 Å². The molecule has 4 heteroatoms. The summed E-state index contributed by atoms with van der Waals surface area (Å²) in [5, 5.41) is 5.18. The summed E-state index contributed by atoms with van der Waals surface area (Å²) in [7, 11) is 1.66. The maximum absolute atomic E-state index is 5.33. The number of thiophene rings is 1. The molecule has 0 saturated heterocycles. The quantitative estimate of drug-likeness (QED) is 0.717. The second-order valence-corrected chi connectivity index (χ2v) is 5.55. The lowest BCUT2D eigenvalue weighted by atomic mass is 10.1. The van der Waals surface area contributed by atoms with Crippen molar-refractivity contribution in [3.8, 4) is 5.75 Å². The Balaban J connectivity index is 2.01. The average molecular weight is 259 g/mol. The zero-order valence-corrected chi connectivity index (χ0v) is 11.1. The number of fused-ring (bicyclic) bond motifs is 1. The molecule has 0 aliphatic heterocycles. The predicted molar refractivity (Wildman–Crippen MR) is 72.4 cm³/mol. The van der Waals surface area contributed by atoms with Gasteiger partial charge in [0.1, 0.15) is 5.75 Å². The first-order valence-electron chi connectivity index (χ1n) is 5.74. The molecule has 0 unspecified atom stereocenters. The number of aryl methyl sites for hydroxylation is 1. The minimum Gasteiger partial charge on any atom is -0.497 e. The number of methoxy groups -OCH3 is 1. The first-order valence-corrected chi connectivity index (χ1v) is 6.55. The minimum absolute atomic E-state index is 0.804. The molecule has 3 aromatic rings. The maximum atomic E-state index is 5.33. The van der Waals surface area contributed by atoms with E-state index in [2.05, 4.69) is 24.2 Å². The summed E-state index contributed by atoms with van der Waals surface area (Å²) in [6.07, 6.45) is 0.804. The zero-order valence-electron chi connectivity index (χ0n) is 10.3. The van der Waals surface area contributed by atoms with Gasteiger partial charge in [-0.3, -0.25) is 0 Å². The van der Waals surface area contributed by atoms with Crippen molar-refractivity contribution in [2.45, 2.75) is 13.3 Å². The zero-order chi connectivity index (χ0) is 12.5. The third-order valence-electron chi connectivity index (χ3n) is 2.89. The van der Waals surface area contributed by atoms with Crippen molar-refractivity contribution in [2.24, 2.45) is 0 Å². The van der Waals surface area contributed by atoms with Gasteiger partial charge in [-0.2, -0.15) is 0 Å². The molecule has 0 amide bonds. The predicted octanol–water partition coefficient (Wildman–Crippen LogP) is 3.80. The fourth-order valence-corrected chi connectivity index (χ4v) is 2.86. The largest absolute Gasteiger partial charge is 0.497 e. The van der Waals surface area contributed by atoms with E-state index in [0.29, 0.717) is 0 Å². The van der Waals surface area contributed by atoms with Gasteiger partial charge in [0.15, 0.2) is 5.58 Å². The number of nitrogens with zero attached hydrogens (tertiary/aromatic N) is 1. The van der Waals surface area contributed by atoms with Crippen LogP contribution in [-0.4, -0.2) is 12.3 Å². The van der Waals surface area contributed by atoms with Crippen molar-refractivity contribution in [1.29, 1.82) is 0 Å². The minimum atomic E-state index is 0.804. The Morgan fingerprint density at radius 2 is 2.17 bits per heavy atom. The summed E-state index contributed by atoms with van der Waals surface area (Å²) < 4.78 is 10.6. The van der Waals surface area contributed by atoms with Gasteiger partial charge in [-0.1, -0.05) is 5.16 Å². The number of rotatable bonds is 3. The van der Waals surface area contributed by atoms with Gasteiger partial charge in [0.2, 0.25) is 0 Å². The van der Waals surface area contributed by atoms with Crippen LogP contribution in [0, 0.1) is 6.92 Å². The van der Waals surface area contributed by atoms with Crippen LogP contribution in [0.25, 0.3) is 11.0 Å². The van der Waals surface area contributed by atoms with Crippen molar-refractivity contribution in [3.63, 3.8) is 0 Å². The summed E-state index contributed by atoms with van der Waals surface area (Å²) in [6.45, 7) is 2.11. The van der Waals surface area contributed by atoms with Crippen LogP contribution >= 0.6 is 11.3 Å². The molecule has 0 fully saturated rings. The Morgan fingerprint density at radius 1 is 1.28 bits per heavy atom. The normalized spacial score (nSPS) is 11.0. The Hall–Kier alpha value is -1.81. The van der Waals surface area contributed by atoms with Crippen molar-refractivity contribution in [2.75, 3.05) is 7.11 Å². The summed E-state index contributed by atoms with van der Waals surface area (Å²) in [5.74, 6) is 0.828. The molecule has 3 nitrogen and oxygen atoms in total. The number of ether oxygens (including phenoxy) is 1. The van der Waals surface area contributed by atoms with E-state index in [-0.39, 0.29) is 0 Å². The number of aromatic nitrogens is 1. The molecule has 2 heterocycles. The molecule has 0 radical (unpaired) electrons. The van der Waals surface area contributed by atoms with Crippen molar-refractivity contribution < 1.29 is 9.26 Å². The molecule has 92 valence electrons. The third-order valence-corrected chi connectivity index (χ3v) is 3.89. The Labute approximate surface area is 109 Å². The van der Waals surface area contributed by atoms with Crippen molar-refractivity contribution in [3.05, 3.63) is 45.8 Å². The molecule has 0 atom stereocenters. The van der Waals surface area contributed by atoms with Crippen LogP contribution < -0.4 is 4.74 Å². The van der Waals surface area contributed by atoms with Gasteiger partial charge >= 0.3 is 0 Å². The SMILES string of the molecule is COc1ccc2onc(Cc3ccc(C)s3)c2c1. The highest BCUT2D eigenvalue weighted by molar-refractivity contribution is 7.11. The first kappa shape index (κ1) is 11.3. The standard InChI is InChI=1S/C14H13NO2S/c1-9-3-5-11(18-9)8-13-12-7-10(16-2)4-6-14(12)17-15-13/h3-7H,8H2,1-2H3. The molecule has 18 heavy (non-hydrogen) atoms. The monoisotopic (exact) mass is 259 g/mol. The van der Waals surface area contributed by atoms with Crippen LogP contribution in [0.15, 0.2) is 34.9 Å². The smallest absolute Gasteiger partial charge is 0.167 e. The molecule has 2 aromatic heterocycles. The summed E-state index contributed by atoms with van der Waals surface area (Å²) in [6, 6.07) is 10.0. The molecule has 1 aromatic carbocycles. The van der Waals surface area contributed by atoms with Gasteiger partial charge in [0.25, 0.3) is 0 Å². The van der Waals surface area contributed by atoms with E-state index in [1.807, 2.05) is 18.2 Å². The molecule has 0 bridgehead atoms. The fourth-order valence-electron chi connectivity index (χ4n) is 1.97. The second kappa shape index (κ2) is 4.46. The van der Waals surface area contributed by atoms with Gasteiger partial charge in [-0.25, -0.2) is 0 Å². The van der Waals surface area contributed by atoms with Crippen LogP contribution in [0.4, 0.5) is 0 Å². The van der Waals surface area contributed by atoms with E-state index in [4.69, 9.17) is 9.26 Å². The maximum Gasteiger partial charge on any atom is 0.167 e. The summed E-state index contributed by atoms with van der Waals surface area (Å²) in [4.78, 5) is 2.61. The number of hydrogen-bond acceptors (Lipinski definition) is 4. The van der Waals surface area contributed by atoms with Gasteiger partial charge in [0.05, 0.1) is 12.8 Å². The molecule has 0 saturated carbocycles. The molecular formula is C14H13NO2S. The van der Waals surface area contributed by atoms with Crippen LogP contribution in [0.1, 0.15) is 15.4 Å². The second-order valence-electron chi connectivity index (χ2n) is 4.18. The Morgan fingerprint density at radius 3 is 2.89 bits per heavy atom. The summed E-state index contributed by atoms with van der Waals surface area (Å²) >= 11 is 1.79. The van der Waals surface area contributed by atoms with E-state index < -0.39 is 0 Å². The third kappa shape index (κ3) is 1.99. The summed E-state index contributed by atoms with van der Waals surface area (Å²) in [5.41, 5.74) is 1.77. The van der Waals surface area contributed by atoms with E-state index in [1.54, 1.807) is 18.4 Å². The lowest BCUT2D eigenvalue weighted by Gasteiger charge is -1.98. The Kier molecular flexibility index (Phi) is 2.80. The van der Waals surface area contributed by atoms with Gasteiger partial charge < -0.3 is 9.26 Å². The van der Waals surface area contributed by atoms with Crippen molar-refractivity contribution in [1.82, 2.24) is 5.16 Å². The molecule has 0 N–H and O–H groups in total. The molecule has 0 aliphatic rings. The van der Waals surface area contributed by atoms with Crippen molar-refractivity contribution >= 4 is 22.3 Å². The lowest BCUT2D eigenvalue weighted by Crippen LogP contribution is -1.86. The van der Waals surface area contributed by atoms with E-state index in [1.165, 1.54) is 9.75 Å². The van der Waals surface area contributed by atoms with E-state index in [9.17, 15) is 0 Å². The van der Waals surface area contributed by atoms with Crippen LogP contribution in [-0.2, 0) is 6.42 Å². The highest BCUT2D eigenvalue weighted by atomic mass is 32.1. The van der Waals surface area contributed by atoms with Crippen LogP contribution in [0.5, 0.6) is 5.75 Å². The highest BCUT2D eigenvalue weighted by Gasteiger charge is 2.10. The molecule has 3 rings (SSSR count). The fraction of sp³-hybridized carbons (Fsp3) is 0.214. The van der Waals surface area contributed by atoms with Crippen LogP contribution in [0.2, 0.25) is 0 Å². The number of hydrogen-bond donors (Lipinski definition) is 0. The molecular weight excluding hydrogens is 246 g/mol. The van der Waals surface area contributed by atoms with Gasteiger partial charge in [-0.05, 0) is 37.3 Å². The molecule has 0 aliphatic carbocycles. The Bertz CT molecular complexity index is 684. The molecule has 0 spiro atoms. The van der Waals surface area contributed by atoms with E-state index in [0.717, 1.165) is 28.8 Å².